The van der Waals surface area contributed by atoms with E-state index in [0.29, 0.717) is 28.5 Å². The molecule has 0 bridgehead atoms. The number of aryl methyl sites for hydroxylation is 1. The fraction of sp³-hybridized carbons (Fsp3) is 0.211. The van der Waals surface area contributed by atoms with Crippen molar-refractivity contribution < 1.29 is 23.5 Å². The van der Waals surface area contributed by atoms with Crippen molar-refractivity contribution in [3.63, 3.8) is 0 Å². The van der Waals surface area contributed by atoms with Crippen molar-refractivity contribution in [3.8, 4) is 0 Å². The van der Waals surface area contributed by atoms with Crippen LogP contribution in [0.15, 0.2) is 45.7 Å². The van der Waals surface area contributed by atoms with E-state index < -0.39 is 5.97 Å². The number of hydrogen-bond acceptors (Lipinski definition) is 7. The van der Waals surface area contributed by atoms with Gasteiger partial charge in [0.25, 0.3) is 11.1 Å². The molecule has 2 amide bonds. The smallest absolute Gasteiger partial charge is 0.338 e. The number of ether oxygens (including phenoxy) is 1. The number of amides is 2. The lowest BCUT2D eigenvalue weighted by Gasteiger charge is -2.14. The molecule has 0 spiro atoms. The molecule has 27 heavy (non-hydrogen) atoms. The zero-order chi connectivity index (χ0) is 19.4. The van der Waals surface area contributed by atoms with Crippen LogP contribution in [0.1, 0.15) is 28.8 Å². The van der Waals surface area contributed by atoms with Gasteiger partial charge in [-0.15, -0.1) is 0 Å². The molecule has 1 fully saturated rings. The van der Waals surface area contributed by atoms with E-state index in [2.05, 4.69) is 5.32 Å². The van der Waals surface area contributed by atoms with Gasteiger partial charge in [0.2, 0.25) is 0 Å². The van der Waals surface area contributed by atoms with E-state index in [0.717, 1.165) is 22.4 Å². The van der Waals surface area contributed by atoms with Gasteiger partial charge in [0, 0.05) is 11.8 Å². The van der Waals surface area contributed by atoms with Gasteiger partial charge in [-0.3, -0.25) is 14.5 Å². The van der Waals surface area contributed by atoms with Crippen molar-refractivity contribution in [2.45, 2.75) is 13.8 Å². The maximum absolute atomic E-state index is 12.4. The van der Waals surface area contributed by atoms with E-state index in [1.54, 1.807) is 56.3 Å². The third-order valence-corrected chi connectivity index (χ3v) is 4.65. The minimum absolute atomic E-state index is 0.0257. The Hall–Kier alpha value is -3.00. The van der Waals surface area contributed by atoms with E-state index in [-0.39, 0.29) is 17.8 Å². The largest absolute Gasteiger partial charge is 0.462 e. The first-order chi connectivity index (χ1) is 13.0. The first-order valence-electron chi connectivity index (χ1n) is 8.31. The zero-order valence-electron chi connectivity index (χ0n) is 14.9. The fourth-order valence-corrected chi connectivity index (χ4v) is 3.22. The van der Waals surface area contributed by atoms with Crippen molar-refractivity contribution >= 4 is 40.6 Å². The second-order valence-electron chi connectivity index (χ2n) is 5.69. The van der Waals surface area contributed by atoms with Gasteiger partial charge in [-0.2, -0.15) is 0 Å². The Balaban J connectivity index is 1.62. The van der Waals surface area contributed by atoms with Crippen molar-refractivity contribution in [2.24, 2.45) is 0 Å². The van der Waals surface area contributed by atoms with Gasteiger partial charge in [0.05, 0.1) is 23.7 Å². The standard InChI is InChI=1S/C19H18N2O5S/c1-3-25-18(23)13-5-7-14(8-6-13)20-11-21-17(22)16(27-19(21)24)10-15-9-4-12(2)26-15/h4-10,20H,3,11H2,1-2H3/b16-10+. The summed E-state index contributed by atoms with van der Waals surface area (Å²) in [5.74, 6) is 0.483. The first-order valence-corrected chi connectivity index (χ1v) is 9.12. The summed E-state index contributed by atoms with van der Waals surface area (Å²) in [6, 6.07) is 10.1. The lowest BCUT2D eigenvalue weighted by Crippen LogP contribution is -2.33. The molecule has 1 N–H and O–H groups in total. The van der Waals surface area contributed by atoms with Crippen molar-refractivity contribution in [1.29, 1.82) is 0 Å². The van der Waals surface area contributed by atoms with Gasteiger partial charge in [-0.1, -0.05) is 0 Å². The van der Waals surface area contributed by atoms with Crippen LogP contribution in [0.5, 0.6) is 0 Å². The van der Waals surface area contributed by atoms with Crippen LogP contribution in [0.25, 0.3) is 6.08 Å². The van der Waals surface area contributed by atoms with Crippen molar-refractivity contribution in [1.82, 2.24) is 4.90 Å². The van der Waals surface area contributed by atoms with Gasteiger partial charge in [0.1, 0.15) is 11.5 Å². The predicted octanol–water partition coefficient (Wildman–Crippen LogP) is 3.87. The van der Waals surface area contributed by atoms with E-state index in [1.165, 1.54) is 0 Å². The highest BCUT2D eigenvalue weighted by Gasteiger charge is 2.35. The van der Waals surface area contributed by atoms with E-state index in [4.69, 9.17) is 9.15 Å². The number of anilines is 1. The zero-order valence-corrected chi connectivity index (χ0v) is 15.7. The third-order valence-electron chi connectivity index (χ3n) is 3.75. The molecule has 1 aromatic carbocycles. The Morgan fingerprint density at radius 2 is 1.96 bits per heavy atom. The number of nitrogens with one attached hydrogen (secondary N) is 1. The van der Waals surface area contributed by atoms with Gasteiger partial charge in [0.15, 0.2) is 0 Å². The van der Waals surface area contributed by atoms with Crippen LogP contribution >= 0.6 is 11.8 Å². The molecule has 1 aliphatic heterocycles. The summed E-state index contributed by atoms with van der Waals surface area (Å²) in [5.41, 5.74) is 1.11. The summed E-state index contributed by atoms with van der Waals surface area (Å²) < 4.78 is 10.3. The molecule has 7 nitrogen and oxygen atoms in total. The van der Waals surface area contributed by atoms with Crippen LogP contribution in [-0.2, 0) is 9.53 Å². The second kappa shape index (κ2) is 8.13. The number of thioether (sulfide) groups is 1. The van der Waals surface area contributed by atoms with Crippen LogP contribution in [0, 0.1) is 6.92 Å². The second-order valence-corrected chi connectivity index (χ2v) is 6.68. The lowest BCUT2D eigenvalue weighted by molar-refractivity contribution is -0.122. The molecule has 1 aliphatic rings. The van der Waals surface area contributed by atoms with Crippen LogP contribution in [0.2, 0.25) is 0 Å². The summed E-state index contributed by atoms with van der Waals surface area (Å²) in [6.07, 6.45) is 1.56. The van der Waals surface area contributed by atoms with E-state index in [1.807, 2.05) is 0 Å². The van der Waals surface area contributed by atoms with Gasteiger partial charge >= 0.3 is 5.97 Å². The summed E-state index contributed by atoms with van der Waals surface area (Å²) in [5, 5.41) is 2.65. The molecule has 1 saturated heterocycles. The van der Waals surface area contributed by atoms with Gasteiger partial charge in [-0.25, -0.2) is 4.79 Å². The normalized spacial score (nSPS) is 15.5. The van der Waals surface area contributed by atoms with E-state index in [9.17, 15) is 14.4 Å². The number of hydrogen-bond donors (Lipinski definition) is 1. The van der Waals surface area contributed by atoms with Crippen LogP contribution < -0.4 is 5.32 Å². The third kappa shape index (κ3) is 4.40. The molecule has 2 heterocycles. The molecule has 8 heteroatoms. The molecule has 2 aromatic rings. The summed E-state index contributed by atoms with van der Waals surface area (Å²) >= 11 is 0.870. The molecular weight excluding hydrogens is 368 g/mol. The van der Waals surface area contributed by atoms with Crippen molar-refractivity contribution in [3.05, 3.63) is 58.4 Å². The minimum Gasteiger partial charge on any atom is -0.462 e. The Morgan fingerprint density at radius 3 is 2.59 bits per heavy atom. The highest BCUT2D eigenvalue weighted by molar-refractivity contribution is 8.18. The maximum Gasteiger partial charge on any atom is 0.338 e. The topological polar surface area (TPSA) is 88.8 Å². The van der Waals surface area contributed by atoms with Crippen LogP contribution in [0.4, 0.5) is 10.5 Å². The highest BCUT2D eigenvalue weighted by atomic mass is 32.2. The lowest BCUT2D eigenvalue weighted by atomic mass is 10.2. The van der Waals surface area contributed by atoms with E-state index >= 15 is 0 Å². The molecule has 0 atom stereocenters. The monoisotopic (exact) mass is 386 g/mol. The number of rotatable bonds is 6. The number of imide groups is 1. The maximum atomic E-state index is 12.4. The fourth-order valence-electron chi connectivity index (χ4n) is 2.41. The number of esters is 1. The number of nitrogens with zero attached hydrogens (tertiary/aromatic N) is 1. The number of furan rings is 1. The van der Waals surface area contributed by atoms with Gasteiger partial charge in [-0.05, 0) is 62.0 Å². The summed E-state index contributed by atoms with van der Waals surface area (Å²) in [7, 11) is 0. The number of benzene rings is 1. The molecule has 0 aliphatic carbocycles. The quantitative estimate of drug-likeness (QED) is 0.595. The molecule has 0 radical (unpaired) electrons. The molecule has 0 saturated carbocycles. The Morgan fingerprint density at radius 1 is 1.22 bits per heavy atom. The molecule has 3 rings (SSSR count). The van der Waals surface area contributed by atoms with Crippen LogP contribution in [0.3, 0.4) is 0 Å². The number of carbonyl (C=O) groups is 3. The van der Waals surface area contributed by atoms with Crippen LogP contribution in [-0.4, -0.2) is 35.3 Å². The number of carbonyl (C=O) groups excluding carboxylic acids is 3. The minimum atomic E-state index is -0.395. The predicted molar refractivity (Wildman–Crippen MR) is 102 cm³/mol. The highest BCUT2D eigenvalue weighted by Crippen LogP contribution is 2.32. The average Bonchev–Trinajstić information content (AvgIpc) is 3.17. The molecule has 140 valence electrons. The van der Waals surface area contributed by atoms with Crippen molar-refractivity contribution in [2.75, 3.05) is 18.6 Å². The first kappa shape index (κ1) is 18.8. The average molecular weight is 386 g/mol. The molecule has 0 unspecified atom stereocenters. The molecular formula is C19H18N2O5S. The Bertz CT molecular complexity index is 901. The Kier molecular flexibility index (Phi) is 5.66. The Labute approximate surface area is 160 Å². The summed E-state index contributed by atoms with van der Waals surface area (Å²) in [6.45, 7) is 3.88. The molecule has 1 aromatic heterocycles. The van der Waals surface area contributed by atoms with Gasteiger partial charge < -0.3 is 14.5 Å². The SMILES string of the molecule is CCOC(=O)c1ccc(NCN2C(=O)S/C(=C/c3ccc(C)o3)C2=O)cc1. The summed E-state index contributed by atoms with van der Waals surface area (Å²) in [4.78, 5) is 37.6.